The number of aromatic amines is 1. The molecule has 0 spiro atoms. The van der Waals surface area contributed by atoms with Gasteiger partial charge in [0.15, 0.2) is 0 Å². The molecule has 1 atom stereocenters. The first-order valence-corrected chi connectivity index (χ1v) is 9.86. The summed E-state index contributed by atoms with van der Waals surface area (Å²) in [7, 11) is 0. The zero-order valence-corrected chi connectivity index (χ0v) is 17.8. The third-order valence-electron chi connectivity index (χ3n) is 5.55. The van der Waals surface area contributed by atoms with Gasteiger partial charge in [0.1, 0.15) is 12.1 Å². The maximum absolute atomic E-state index is 4.57. The Kier molecular flexibility index (Phi) is 9.44. The van der Waals surface area contributed by atoms with E-state index in [1.165, 1.54) is 49.3 Å². The third kappa shape index (κ3) is 6.04. The number of fused-ring (bicyclic) bond motifs is 1. The van der Waals surface area contributed by atoms with Crippen LogP contribution in [0, 0.1) is 5.92 Å². The highest BCUT2D eigenvalue weighted by atomic mass is 35.5. The normalized spacial score (nSPS) is 19.6. The molecule has 4 rings (SSSR count). The Hall–Kier alpha value is -1.41. The van der Waals surface area contributed by atoms with Crippen LogP contribution in [-0.4, -0.2) is 64.3 Å². The first-order chi connectivity index (χ1) is 12.9. The second-order valence-corrected chi connectivity index (χ2v) is 7.44. The Morgan fingerprint density at radius 1 is 1.18 bits per heavy atom. The van der Waals surface area contributed by atoms with Crippen LogP contribution in [0.5, 0.6) is 0 Å². The number of hydrogen-bond acceptors (Lipinski definition) is 6. The molecule has 0 aliphatic carbocycles. The van der Waals surface area contributed by atoms with Crippen molar-refractivity contribution >= 4 is 30.6 Å². The van der Waals surface area contributed by atoms with Crippen molar-refractivity contribution in [3.8, 4) is 0 Å². The predicted molar refractivity (Wildman–Crippen MR) is 117 cm³/mol. The number of piperidine rings is 1. The molecule has 1 fully saturated rings. The molecular formula is C19H31Cl2N7. The largest absolute Gasteiger partial charge is 0.369 e. The summed E-state index contributed by atoms with van der Waals surface area (Å²) in [6.45, 7) is 6.63. The van der Waals surface area contributed by atoms with Gasteiger partial charge >= 0.3 is 0 Å². The minimum atomic E-state index is 0. The van der Waals surface area contributed by atoms with E-state index in [4.69, 9.17) is 0 Å². The van der Waals surface area contributed by atoms with Crippen molar-refractivity contribution in [3.05, 3.63) is 35.5 Å². The van der Waals surface area contributed by atoms with E-state index in [1.807, 2.05) is 12.4 Å². The molecule has 2 aliphatic rings. The van der Waals surface area contributed by atoms with Gasteiger partial charge in [-0.15, -0.1) is 24.8 Å². The van der Waals surface area contributed by atoms with Gasteiger partial charge in [-0.25, -0.2) is 9.97 Å². The number of nitrogens with zero attached hydrogens (tertiary/aromatic N) is 4. The summed E-state index contributed by atoms with van der Waals surface area (Å²) in [6, 6.07) is 0. The Balaban J connectivity index is 0.00000140. The summed E-state index contributed by atoms with van der Waals surface area (Å²) in [6.07, 6.45) is 11.2. The average molecular weight is 428 g/mol. The summed E-state index contributed by atoms with van der Waals surface area (Å²) in [4.78, 5) is 11.7. The lowest BCUT2D eigenvalue weighted by molar-refractivity contribution is 0.215. The van der Waals surface area contributed by atoms with Gasteiger partial charge in [0, 0.05) is 44.4 Å². The molecule has 0 amide bonds. The van der Waals surface area contributed by atoms with Crippen molar-refractivity contribution < 1.29 is 0 Å². The lowest BCUT2D eigenvalue weighted by Crippen LogP contribution is -2.39. The Bertz CT molecular complexity index is 690. The topological polar surface area (TPSA) is 81.8 Å². The number of anilines is 1. The lowest BCUT2D eigenvalue weighted by Gasteiger charge is -2.29. The third-order valence-corrected chi connectivity index (χ3v) is 5.55. The van der Waals surface area contributed by atoms with Crippen LogP contribution in [0.1, 0.15) is 29.7 Å². The van der Waals surface area contributed by atoms with Crippen molar-refractivity contribution in [1.82, 2.24) is 30.4 Å². The van der Waals surface area contributed by atoms with Crippen LogP contribution in [0.15, 0.2) is 18.7 Å². The first kappa shape index (κ1) is 22.9. The fourth-order valence-corrected chi connectivity index (χ4v) is 4.09. The SMILES string of the molecule is Cl.Cl.c1nc2c(c(NCCc3cn[nH]c3)n1)CCN(CC1CCCNC1)CC2. The number of halogens is 2. The average Bonchev–Trinajstić information content (AvgIpc) is 3.10. The first-order valence-electron chi connectivity index (χ1n) is 9.86. The van der Waals surface area contributed by atoms with E-state index in [0.29, 0.717) is 0 Å². The summed E-state index contributed by atoms with van der Waals surface area (Å²) in [5.74, 6) is 1.81. The van der Waals surface area contributed by atoms with E-state index in [-0.39, 0.29) is 24.8 Å². The van der Waals surface area contributed by atoms with E-state index >= 15 is 0 Å². The number of nitrogens with one attached hydrogen (secondary N) is 3. The van der Waals surface area contributed by atoms with E-state index in [1.54, 1.807) is 6.33 Å². The number of H-pyrrole nitrogens is 1. The van der Waals surface area contributed by atoms with E-state index in [0.717, 1.165) is 50.6 Å². The molecule has 2 aromatic rings. The van der Waals surface area contributed by atoms with Gasteiger partial charge in [-0.2, -0.15) is 5.10 Å². The highest BCUT2D eigenvalue weighted by molar-refractivity contribution is 5.85. The molecule has 0 bridgehead atoms. The Labute approximate surface area is 179 Å². The molecule has 2 aromatic heterocycles. The molecule has 2 aliphatic heterocycles. The quantitative estimate of drug-likeness (QED) is 0.654. The molecule has 1 unspecified atom stereocenters. The summed E-state index contributed by atoms with van der Waals surface area (Å²) >= 11 is 0. The minimum absolute atomic E-state index is 0. The maximum atomic E-state index is 4.57. The van der Waals surface area contributed by atoms with Crippen molar-refractivity contribution in [1.29, 1.82) is 0 Å². The maximum Gasteiger partial charge on any atom is 0.132 e. The molecule has 156 valence electrons. The molecule has 28 heavy (non-hydrogen) atoms. The molecule has 4 heterocycles. The van der Waals surface area contributed by atoms with Crippen LogP contribution in [0.2, 0.25) is 0 Å². The fourth-order valence-electron chi connectivity index (χ4n) is 4.09. The van der Waals surface area contributed by atoms with Gasteiger partial charge in [0.2, 0.25) is 0 Å². The van der Waals surface area contributed by atoms with Gasteiger partial charge in [-0.1, -0.05) is 0 Å². The smallest absolute Gasteiger partial charge is 0.132 e. The van der Waals surface area contributed by atoms with Crippen LogP contribution in [0.3, 0.4) is 0 Å². The van der Waals surface area contributed by atoms with Crippen LogP contribution in [0.25, 0.3) is 0 Å². The summed E-state index contributed by atoms with van der Waals surface area (Å²) in [5, 5.41) is 13.9. The number of aromatic nitrogens is 4. The molecule has 0 saturated carbocycles. The summed E-state index contributed by atoms with van der Waals surface area (Å²) in [5.41, 5.74) is 3.74. The van der Waals surface area contributed by atoms with Gasteiger partial charge in [0.05, 0.1) is 11.9 Å². The molecule has 0 radical (unpaired) electrons. The highest BCUT2D eigenvalue weighted by Gasteiger charge is 2.21. The van der Waals surface area contributed by atoms with Gasteiger partial charge in [-0.05, 0) is 50.3 Å². The number of hydrogen-bond donors (Lipinski definition) is 3. The Morgan fingerprint density at radius 3 is 2.86 bits per heavy atom. The second kappa shape index (κ2) is 11.6. The van der Waals surface area contributed by atoms with Crippen LogP contribution in [-0.2, 0) is 19.3 Å². The van der Waals surface area contributed by atoms with Gasteiger partial charge in [-0.3, -0.25) is 5.10 Å². The molecule has 9 heteroatoms. The second-order valence-electron chi connectivity index (χ2n) is 7.44. The van der Waals surface area contributed by atoms with E-state index < -0.39 is 0 Å². The lowest BCUT2D eigenvalue weighted by atomic mass is 9.99. The highest BCUT2D eigenvalue weighted by Crippen LogP contribution is 2.21. The molecule has 7 nitrogen and oxygen atoms in total. The van der Waals surface area contributed by atoms with Crippen LogP contribution < -0.4 is 10.6 Å². The molecule has 3 N–H and O–H groups in total. The van der Waals surface area contributed by atoms with Gasteiger partial charge in [0.25, 0.3) is 0 Å². The van der Waals surface area contributed by atoms with Crippen molar-refractivity contribution in [3.63, 3.8) is 0 Å². The van der Waals surface area contributed by atoms with E-state index in [2.05, 4.69) is 35.7 Å². The fraction of sp³-hybridized carbons (Fsp3) is 0.632. The minimum Gasteiger partial charge on any atom is -0.369 e. The Morgan fingerprint density at radius 2 is 2.07 bits per heavy atom. The van der Waals surface area contributed by atoms with Gasteiger partial charge < -0.3 is 15.5 Å². The summed E-state index contributed by atoms with van der Waals surface area (Å²) < 4.78 is 0. The van der Waals surface area contributed by atoms with Crippen LogP contribution >= 0.6 is 24.8 Å². The van der Waals surface area contributed by atoms with Crippen molar-refractivity contribution in [2.75, 3.05) is 44.6 Å². The van der Waals surface area contributed by atoms with Crippen molar-refractivity contribution in [2.45, 2.75) is 32.1 Å². The van der Waals surface area contributed by atoms with E-state index in [9.17, 15) is 0 Å². The number of rotatable bonds is 6. The van der Waals surface area contributed by atoms with Crippen LogP contribution in [0.4, 0.5) is 5.82 Å². The monoisotopic (exact) mass is 427 g/mol. The zero-order chi connectivity index (χ0) is 17.6. The molecule has 0 aromatic carbocycles. The predicted octanol–water partition coefficient (Wildman–Crippen LogP) is 2.10. The molecule has 1 saturated heterocycles. The zero-order valence-electron chi connectivity index (χ0n) is 16.2. The standard InChI is InChI=1S/C19H29N7.2ClH/c1-2-16(10-20-6-1)13-26-8-4-17-18(5-9-26)22-14-23-19(17)21-7-3-15-11-24-25-12-15;;/h11-12,14,16,20H,1-10,13H2,(H,24,25)(H,21,22,23);2*1H. The molecular weight excluding hydrogens is 397 g/mol. The van der Waals surface area contributed by atoms with Crippen molar-refractivity contribution in [2.24, 2.45) is 5.92 Å².